The SMILES string of the molecule is CCCCCCOC(=O)c1cccc(C(=O)Oc2ccc(Cl)cc2C)c1. The second kappa shape index (κ2) is 9.97. The monoisotopic (exact) mass is 374 g/mol. The van der Waals surface area contributed by atoms with Gasteiger partial charge in [0.05, 0.1) is 17.7 Å². The number of carbonyl (C=O) groups is 2. The molecule has 4 nitrogen and oxygen atoms in total. The summed E-state index contributed by atoms with van der Waals surface area (Å²) in [7, 11) is 0. The first kappa shape index (κ1) is 20.0. The van der Waals surface area contributed by atoms with Crippen molar-refractivity contribution < 1.29 is 19.1 Å². The third kappa shape index (κ3) is 5.88. The molecule has 0 N–H and O–H groups in total. The van der Waals surface area contributed by atoms with Crippen molar-refractivity contribution in [3.05, 3.63) is 64.2 Å². The molecule has 0 aromatic heterocycles. The van der Waals surface area contributed by atoms with Crippen molar-refractivity contribution >= 4 is 23.5 Å². The van der Waals surface area contributed by atoms with Crippen molar-refractivity contribution in [3.63, 3.8) is 0 Å². The minimum absolute atomic E-state index is 0.291. The number of unbranched alkanes of at least 4 members (excludes halogenated alkanes) is 3. The predicted octanol–water partition coefficient (Wildman–Crippen LogP) is 5.60. The van der Waals surface area contributed by atoms with Crippen LogP contribution in [0.15, 0.2) is 42.5 Å². The van der Waals surface area contributed by atoms with Gasteiger partial charge in [-0.1, -0.05) is 43.9 Å². The third-order valence-corrected chi connectivity index (χ3v) is 4.14. The fourth-order valence-electron chi connectivity index (χ4n) is 2.44. The fraction of sp³-hybridized carbons (Fsp3) is 0.333. The molecule has 2 aromatic carbocycles. The average Bonchev–Trinajstić information content (AvgIpc) is 2.63. The van der Waals surface area contributed by atoms with Gasteiger partial charge in [-0.3, -0.25) is 0 Å². The molecule has 0 radical (unpaired) electrons. The van der Waals surface area contributed by atoms with E-state index < -0.39 is 11.9 Å². The number of hydrogen-bond acceptors (Lipinski definition) is 4. The summed E-state index contributed by atoms with van der Waals surface area (Å²) in [6, 6.07) is 11.4. The summed E-state index contributed by atoms with van der Waals surface area (Å²) in [6.07, 6.45) is 4.14. The number of halogens is 1. The summed E-state index contributed by atoms with van der Waals surface area (Å²) < 4.78 is 10.7. The van der Waals surface area contributed by atoms with Crippen molar-refractivity contribution in [3.8, 4) is 5.75 Å². The number of aryl methyl sites for hydroxylation is 1. The number of benzene rings is 2. The van der Waals surface area contributed by atoms with Crippen molar-refractivity contribution in [1.29, 1.82) is 0 Å². The molecule has 2 aromatic rings. The molecule has 0 aliphatic carbocycles. The number of rotatable bonds is 8. The molecule has 26 heavy (non-hydrogen) atoms. The molecule has 0 amide bonds. The second-order valence-corrected chi connectivity index (χ2v) is 6.51. The minimum Gasteiger partial charge on any atom is -0.462 e. The van der Waals surface area contributed by atoms with Crippen molar-refractivity contribution in [2.45, 2.75) is 39.5 Å². The van der Waals surface area contributed by atoms with E-state index in [2.05, 4.69) is 6.92 Å². The highest BCUT2D eigenvalue weighted by molar-refractivity contribution is 6.30. The molecular weight excluding hydrogens is 352 g/mol. The summed E-state index contributed by atoms with van der Waals surface area (Å²) >= 11 is 5.90. The summed E-state index contributed by atoms with van der Waals surface area (Å²) in [5.41, 5.74) is 1.39. The van der Waals surface area contributed by atoms with Gasteiger partial charge in [-0.25, -0.2) is 9.59 Å². The average molecular weight is 375 g/mol. The standard InChI is InChI=1S/C21H23ClO4/c1-3-4-5-6-12-25-20(23)16-8-7-9-17(14-16)21(24)26-19-11-10-18(22)13-15(19)2/h7-11,13-14H,3-6,12H2,1-2H3. The van der Waals surface area contributed by atoms with Gasteiger partial charge < -0.3 is 9.47 Å². The zero-order chi connectivity index (χ0) is 18.9. The van der Waals surface area contributed by atoms with Crippen LogP contribution in [0.25, 0.3) is 0 Å². The molecule has 0 bridgehead atoms. The van der Waals surface area contributed by atoms with Crippen LogP contribution in [-0.2, 0) is 4.74 Å². The van der Waals surface area contributed by atoms with E-state index in [1.807, 2.05) is 0 Å². The lowest BCUT2D eigenvalue weighted by Gasteiger charge is -2.09. The molecule has 0 aliphatic rings. The highest BCUT2D eigenvalue weighted by atomic mass is 35.5. The maximum atomic E-state index is 12.4. The molecule has 2 rings (SSSR count). The van der Waals surface area contributed by atoms with Gasteiger partial charge >= 0.3 is 11.9 Å². The van der Waals surface area contributed by atoms with Gasteiger partial charge in [0.15, 0.2) is 0 Å². The van der Waals surface area contributed by atoms with Gasteiger partial charge in [-0.05, 0) is 55.3 Å². The van der Waals surface area contributed by atoms with Crippen molar-refractivity contribution in [2.24, 2.45) is 0 Å². The lowest BCUT2D eigenvalue weighted by molar-refractivity contribution is 0.0498. The Bertz CT molecular complexity index is 770. The smallest absolute Gasteiger partial charge is 0.343 e. The van der Waals surface area contributed by atoms with Crippen LogP contribution in [0.5, 0.6) is 5.75 Å². The minimum atomic E-state index is -0.534. The van der Waals surface area contributed by atoms with E-state index in [1.54, 1.807) is 43.3 Å². The summed E-state index contributed by atoms with van der Waals surface area (Å²) in [5, 5.41) is 0.575. The van der Waals surface area contributed by atoms with Crippen LogP contribution >= 0.6 is 11.6 Å². The molecule has 0 saturated heterocycles. The highest BCUT2D eigenvalue weighted by Gasteiger charge is 2.14. The van der Waals surface area contributed by atoms with E-state index in [0.29, 0.717) is 28.5 Å². The van der Waals surface area contributed by atoms with Crippen LogP contribution in [0.3, 0.4) is 0 Å². The Morgan fingerprint density at radius 1 is 0.962 bits per heavy atom. The molecule has 5 heteroatoms. The number of ether oxygens (including phenoxy) is 2. The number of esters is 2. The topological polar surface area (TPSA) is 52.6 Å². The van der Waals surface area contributed by atoms with E-state index in [1.165, 1.54) is 6.07 Å². The second-order valence-electron chi connectivity index (χ2n) is 6.08. The van der Waals surface area contributed by atoms with Crippen LogP contribution in [0.2, 0.25) is 5.02 Å². The van der Waals surface area contributed by atoms with Crippen LogP contribution in [-0.4, -0.2) is 18.5 Å². The van der Waals surface area contributed by atoms with Crippen molar-refractivity contribution in [2.75, 3.05) is 6.61 Å². The predicted molar refractivity (Wildman–Crippen MR) is 102 cm³/mol. The molecule has 0 heterocycles. The molecule has 0 spiro atoms. The van der Waals surface area contributed by atoms with E-state index in [9.17, 15) is 9.59 Å². The lowest BCUT2D eigenvalue weighted by Crippen LogP contribution is -2.12. The highest BCUT2D eigenvalue weighted by Crippen LogP contribution is 2.23. The Morgan fingerprint density at radius 2 is 1.69 bits per heavy atom. The third-order valence-electron chi connectivity index (χ3n) is 3.90. The van der Waals surface area contributed by atoms with Crippen LogP contribution in [0.1, 0.15) is 58.9 Å². The molecule has 0 aliphatic heterocycles. The first-order chi connectivity index (χ1) is 12.5. The molecule has 0 fully saturated rings. The van der Waals surface area contributed by atoms with E-state index in [0.717, 1.165) is 31.2 Å². The van der Waals surface area contributed by atoms with E-state index in [-0.39, 0.29) is 0 Å². The summed E-state index contributed by atoms with van der Waals surface area (Å²) in [4.78, 5) is 24.5. The summed E-state index contributed by atoms with van der Waals surface area (Å²) in [6.45, 7) is 4.32. The Balaban J connectivity index is 1.99. The van der Waals surface area contributed by atoms with Crippen LogP contribution in [0, 0.1) is 6.92 Å². The molecule has 138 valence electrons. The maximum absolute atomic E-state index is 12.4. The number of carbonyl (C=O) groups excluding carboxylic acids is 2. The lowest BCUT2D eigenvalue weighted by atomic mass is 10.1. The van der Waals surface area contributed by atoms with Crippen LogP contribution in [0.4, 0.5) is 0 Å². The Hall–Kier alpha value is -2.33. The normalized spacial score (nSPS) is 10.4. The largest absolute Gasteiger partial charge is 0.462 e. The molecule has 0 unspecified atom stereocenters. The summed E-state index contributed by atoms with van der Waals surface area (Å²) in [5.74, 6) is -0.532. The maximum Gasteiger partial charge on any atom is 0.343 e. The molecular formula is C21H23ClO4. The Morgan fingerprint density at radius 3 is 2.38 bits per heavy atom. The Kier molecular flexibility index (Phi) is 7.67. The van der Waals surface area contributed by atoms with E-state index in [4.69, 9.17) is 21.1 Å². The quantitative estimate of drug-likeness (QED) is 0.342. The number of hydrogen-bond donors (Lipinski definition) is 0. The van der Waals surface area contributed by atoms with Gasteiger partial charge in [0.25, 0.3) is 0 Å². The van der Waals surface area contributed by atoms with Gasteiger partial charge in [0, 0.05) is 5.02 Å². The zero-order valence-corrected chi connectivity index (χ0v) is 15.8. The van der Waals surface area contributed by atoms with Gasteiger partial charge in [-0.2, -0.15) is 0 Å². The first-order valence-corrected chi connectivity index (χ1v) is 9.14. The van der Waals surface area contributed by atoms with Crippen molar-refractivity contribution in [1.82, 2.24) is 0 Å². The zero-order valence-electron chi connectivity index (χ0n) is 15.1. The molecule has 0 saturated carbocycles. The first-order valence-electron chi connectivity index (χ1n) is 8.76. The fourth-order valence-corrected chi connectivity index (χ4v) is 2.66. The molecule has 0 atom stereocenters. The van der Waals surface area contributed by atoms with Gasteiger partial charge in [-0.15, -0.1) is 0 Å². The van der Waals surface area contributed by atoms with Gasteiger partial charge in [0.2, 0.25) is 0 Å². The van der Waals surface area contributed by atoms with E-state index >= 15 is 0 Å². The van der Waals surface area contributed by atoms with Gasteiger partial charge in [0.1, 0.15) is 5.75 Å². The van der Waals surface area contributed by atoms with Crippen LogP contribution < -0.4 is 4.74 Å². The Labute approximate surface area is 159 Å².